The molecule has 0 radical (unpaired) electrons. The van der Waals surface area contributed by atoms with Gasteiger partial charge in [-0.1, -0.05) is 91.0 Å². The summed E-state index contributed by atoms with van der Waals surface area (Å²) >= 11 is 0. The molecule has 40 heavy (non-hydrogen) atoms. The van der Waals surface area contributed by atoms with E-state index in [1.807, 2.05) is 94.4 Å². The van der Waals surface area contributed by atoms with Crippen molar-refractivity contribution in [2.75, 3.05) is 13.7 Å². The van der Waals surface area contributed by atoms with Crippen LogP contribution in [0.25, 0.3) is 0 Å². The maximum Gasteiger partial charge on any atom is 0.413 e. The van der Waals surface area contributed by atoms with Crippen molar-refractivity contribution >= 4 is 12.1 Å². The largest absolute Gasteiger partial charge is 0.466 e. The number of amides is 1. The quantitative estimate of drug-likeness (QED) is 0.300. The van der Waals surface area contributed by atoms with E-state index in [0.29, 0.717) is 26.1 Å². The highest BCUT2D eigenvalue weighted by molar-refractivity contribution is 5.80. The summed E-state index contributed by atoms with van der Waals surface area (Å²) in [5.74, 6) is -0.601. The first-order valence-electron chi connectivity index (χ1n) is 13.7. The number of benzene rings is 3. The van der Waals surface area contributed by atoms with Gasteiger partial charge in [-0.25, -0.2) is 9.59 Å². The number of methoxy groups -OCH3 is 1. The van der Waals surface area contributed by atoms with Crippen LogP contribution in [-0.2, 0) is 38.5 Å². The first-order valence-corrected chi connectivity index (χ1v) is 13.7. The lowest BCUT2D eigenvalue weighted by Gasteiger charge is -2.40. The van der Waals surface area contributed by atoms with E-state index in [-0.39, 0.29) is 0 Å². The van der Waals surface area contributed by atoms with Crippen molar-refractivity contribution < 1.29 is 23.8 Å². The Hall–Kier alpha value is -3.68. The highest BCUT2D eigenvalue weighted by Gasteiger charge is 2.51. The van der Waals surface area contributed by atoms with Crippen molar-refractivity contribution in [1.82, 2.24) is 9.80 Å². The van der Waals surface area contributed by atoms with E-state index >= 15 is 0 Å². The zero-order chi connectivity index (χ0) is 28.8. The van der Waals surface area contributed by atoms with Gasteiger partial charge in [0.2, 0.25) is 6.10 Å². The summed E-state index contributed by atoms with van der Waals surface area (Å²) in [7, 11) is 1.33. The Labute approximate surface area is 237 Å². The number of nitrogens with zero attached hydrogens (tertiary/aromatic N) is 2. The van der Waals surface area contributed by atoms with Gasteiger partial charge in [-0.05, 0) is 50.8 Å². The van der Waals surface area contributed by atoms with E-state index in [1.165, 1.54) is 7.11 Å². The average molecular weight is 545 g/mol. The molecule has 1 heterocycles. The molecule has 2 atom stereocenters. The maximum atomic E-state index is 13.8. The summed E-state index contributed by atoms with van der Waals surface area (Å²) in [5, 5.41) is 0. The van der Waals surface area contributed by atoms with E-state index in [9.17, 15) is 9.59 Å². The second-order valence-electron chi connectivity index (χ2n) is 11.3. The molecule has 0 saturated carbocycles. The number of hydrogen-bond acceptors (Lipinski definition) is 6. The highest BCUT2D eigenvalue weighted by Crippen LogP contribution is 2.36. The van der Waals surface area contributed by atoms with Crippen molar-refractivity contribution in [2.24, 2.45) is 0 Å². The van der Waals surface area contributed by atoms with Crippen LogP contribution in [0.3, 0.4) is 0 Å². The summed E-state index contributed by atoms with van der Waals surface area (Å²) in [5.41, 5.74) is 1.70. The first-order chi connectivity index (χ1) is 19.1. The Balaban J connectivity index is 1.75. The minimum absolute atomic E-state index is 0.361. The van der Waals surface area contributed by atoms with Crippen molar-refractivity contribution in [3.63, 3.8) is 0 Å². The highest BCUT2D eigenvalue weighted by atomic mass is 16.6. The van der Waals surface area contributed by atoms with Gasteiger partial charge in [0.15, 0.2) is 0 Å². The van der Waals surface area contributed by atoms with E-state index in [0.717, 1.165) is 16.7 Å². The van der Waals surface area contributed by atoms with Gasteiger partial charge in [0.1, 0.15) is 5.72 Å². The molecule has 0 N–H and O–H groups in total. The lowest BCUT2D eigenvalue weighted by Crippen LogP contribution is -2.57. The fourth-order valence-corrected chi connectivity index (χ4v) is 5.45. The van der Waals surface area contributed by atoms with Gasteiger partial charge < -0.3 is 14.2 Å². The molecule has 1 aliphatic heterocycles. The third-order valence-corrected chi connectivity index (χ3v) is 7.33. The zero-order valence-electron chi connectivity index (χ0n) is 24.1. The summed E-state index contributed by atoms with van der Waals surface area (Å²) in [6, 6.07) is 29.6. The summed E-state index contributed by atoms with van der Waals surface area (Å²) in [4.78, 5) is 31.0. The number of hydrogen-bond donors (Lipinski definition) is 0. The van der Waals surface area contributed by atoms with Gasteiger partial charge in [-0.2, -0.15) is 0 Å². The Kier molecular flexibility index (Phi) is 9.28. The van der Waals surface area contributed by atoms with Crippen molar-refractivity contribution in [3.05, 3.63) is 108 Å². The second kappa shape index (κ2) is 12.7. The van der Waals surface area contributed by atoms with Crippen molar-refractivity contribution in [1.29, 1.82) is 0 Å². The smallest absolute Gasteiger partial charge is 0.413 e. The Morgan fingerprint density at radius 2 is 1.30 bits per heavy atom. The standard InChI is InChI=1S/C33H40N2O5/c1-32(2)24-39-33(3,4)35(32)31(37)40-29(30(36)38-5)28(21-25-15-9-6-10-16-25)34(22-26-17-11-7-12-18-26)23-27-19-13-8-14-20-27/h6-20,28-29H,21-24H2,1-5H3/t28-,29+/m0/s1. The number of rotatable bonds is 10. The monoisotopic (exact) mass is 544 g/mol. The molecule has 7 nitrogen and oxygen atoms in total. The molecule has 212 valence electrons. The number of esters is 1. The minimum atomic E-state index is -1.18. The molecule has 0 bridgehead atoms. The molecular formula is C33H40N2O5. The lowest BCUT2D eigenvalue weighted by molar-refractivity contribution is -0.157. The van der Waals surface area contributed by atoms with Gasteiger partial charge >= 0.3 is 12.1 Å². The van der Waals surface area contributed by atoms with Crippen LogP contribution >= 0.6 is 0 Å². The fourth-order valence-electron chi connectivity index (χ4n) is 5.45. The molecule has 3 aromatic carbocycles. The van der Waals surface area contributed by atoms with Crippen LogP contribution in [0.2, 0.25) is 0 Å². The maximum absolute atomic E-state index is 13.8. The molecule has 0 aromatic heterocycles. The van der Waals surface area contributed by atoms with Crippen LogP contribution in [0.1, 0.15) is 44.4 Å². The zero-order valence-corrected chi connectivity index (χ0v) is 24.1. The van der Waals surface area contributed by atoms with E-state index in [1.54, 1.807) is 4.90 Å². The predicted molar refractivity (Wildman–Crippen MR) is 154 cm³/mol. The predicted octanol–water partition coefficient (Wildman–Crippen LogP) is 5.83. The van der Waals surface area contributed by atoms with Crippen molar-refractivity contribution in [2.45, 2.75) is 70.6 Å². The molecule has 4 rings (SSSR count). The van der Waals surface area contributed by atoms with Crippen LogP contribution in [0.4, 0.5) is 4.79 Å². The van der Waals surface area contributed by atoms with Crippen LogP contribution in [-0.4, -0.2) is 59.0 Å². The van der Waals surface area contributed by atoms with Gasteiger partial charge in [0, 0.05) is 13.1 Å². The molecule has 1 aliphatic rings. The Morgan fingerprint density at radius 1 is 0.825 bits per heavy atom. The first kappa shape index (κ1) is 29.3. The van der Waals surface area contributed by atoms with Crippen LogP contribution < -0.4 is 0 Å². The number of carbonyl (C=O) groups is 2. The molecule has 1 fully saturated rings. The van der Waals surface area contributed by atoms with Gasteiger partial charge in [0.25, 0.3) is 0 Å². The molecule has 3 aromatic rings. The topological polar surface area (TPSA) is 68.3 Å². The molecule has 7 heteroatoms. The van der Waals surface area contributed by atoms with E-state index < -0.39 is 35.5 Å². The second-order valence-corrected chi connectivity index (χ2v) is 11.3. The van der Waals surface area contributed by atoms with Gasteiger partial charge in [-0.15, -0.1) is 0 Å². The molecule has 1 amide bonds. The third-order valence-electron chi connectivity index (χ3n) is 7.33. The molecule has 0 aliphatic carbocycles. The van der Waals surface area contributed by atoms with Gasteiger partial charge in [-0.3, -0.25) is 9.80 Å². The Morgan fingerprint density at radius 3 is 1.73 bits per heavy atom. The summed E-state index contributed by atoms with van der Waals surface area (Å²) in [6.07, 6.45) is -1.32. The molecule has 0 unspecified atom stereocenters. The van der Waals surface area contributed by atoms with Gasteiger partial charge in [0.05, 0.1) is 25.3 Å². The average Bonchev–Trinajstić information content (AvgIpc) is 3.18. The number of carbonyl (C=O) groups excluding carboxylic acids is 2. The fraction of sp³-hybridized carbons (Fsp3) is 0.394. The third kappa shape index (κ3) is 7.09. The number of ether oxygens (including phenoxy) is 3. The van der Waals surface area contributed by atoms with Crippen LogP contribution in [0.5, 0.6) is 0 Å². The van der Waals surface area contributed by atoms with E-state index in [4.69, 9.17) is 14.2 Å². The van der Waals surface area contributed by atoms with Crippen molar-refractivity contribution in [3.8, 4) is 0 Å². The Bertz CT molecular complexity index is 1190. The van der Waals surface area contributed by atoms with Crippen LogP contribution in [0, 0.1) is 0 Å². The molecular weight excluding hydrogens is 504 g/mol. The van der Waals surface area contributed by atoms with E-state index in [2.05, 4.69) is 29.2 Å². The summed E-state index contributed by atoms with van der Waals surface area (Å²) < 4.78 is 17.3. The minimum Gasteiger partial charge on any atom is -0.466 e. The normalized spacial score (nSPS) is 17.3. The van der Waals surface area contributed by atoms with Crippen LogP contribution in [0.15, 0.2) is 91.0 Å². The molecule has 0 spiro atoms. The molecule has 1 saturated heterocycles. The summed E-state index contributed by atoms with van der Waals surface area (Å²) in [6.45, 7) is 8.95. The lowest BCUT2D eigenvalue weighted by atomic mass is 9.97. The SMILES string of the molecule is COC(=O)[C@H](OC(=O)N1C(C)(C)COC1(C)C)[C@H](Cc1ccccc1)N(Cc1ccccc1)Cc1ccccc1.